The van der Waals surface area contributed by atoms with Gasteiger partial charge in [-0.1, -0.05) is 158 Å². The maximum Gasteiger partial charge on any atom is 0.238 e. The van der Waals surface area contributed by atoms with Crippen LogP contribution in [0.15, 0.2) is 188 Å². The fraction of sp³-hybridized carbons (Fsp3) is 0. The first-order valence-corrected chi connectivity index (χ1v) is 18.2. The summed E-state index contributed by atoms with van der Waals surface area (Å²) in [7, 11) is 0. The molecule has 0 saturated heterocycles. The Balaban J connectivity index is 1.19. The van der Waals surface area contributed by atoms with Gasteiger partial charge in [0.2, 0.25) is 5.95 Å². The van der Waals surface area contributed by atoms with Gasteiger partial charge in [0.1, 0.15) is 0 Å². The van der Waals surface area contributed by atoms with E-state index < -0.39 is 0 Å². The maximum absolute atomic E-state index is 5.24. The van der Waals surface area contributed by atoms with Crippen molar-refractivity contribution in [3.05, 3.63) is 188 Å². The summed E-state index contributed by atoms with van der Waals surface area (Å²) in [6, 6.07) is 66.2. The molecule has 0 saturated carbocycles. The SMILES string of the molecule is c1ccc(-c2ccc(-c3nc(-c4ccccc4)nc(-n4c5ccccc5c5cc6c(cc54)c4ccccc4n6-c4cccc5ccccc45)n3)cc2)cc1. The van der Waals surface area contributed by atoms with Crippen LogP contribution in [0.2, 0.25) is 0 Å². The van der Waals surface area contributed by atoms with Crippen LogP contribution in [-0.2, 0) is 0 Å². The zero-order chi connectivity index (χ0) is 35.6. The molecule has 0 bridgehead atoms. The fourth-order valence-electron chi connectivity index (χ4n) is 8.06. The van der Waals surface area contributed by atoms with Crippen LogP contribution in [-0.4, -0.2) is 24.1 Å². The number of para-hydroxylation sites is 2. The van der Waals surface area contributed by atoms with Crippen molar-refractivity contribution in [1.82, 2.24) is 24.1 Å². The molecule has 0 N–H and O–H groups in total. The second-order valence-electron chi connectivity index (χ2n) is 13.7. The molecule has 5 nitrogen and oxygen atoms in total. The third-order valence-corrected chi connectivity index (χ3v) is 10.6. The highest BCUT2D eigenvalue weighted by Crippen LogP contribution is 2.40. The first-order chi connectivity index (χ1) is 26.8. The Morgan fingerprint density at radius 2 is 0.759 bits per heavy atom. The van der Waals surface area contributed by atoms with Crippen molar-refractivity contribution in [3.63, 3.8) is 0 Å². The van der Waals surface area contributed by atoms with E-state index in [-0.39, 0.29) is 0 Å². The molecule has 5 heteroatoms. The van der Waals surface area contributed by atoms with Crippen LogP contribution in [0.1, 0.15) is 0 Å². The van der Waals surface area contributed by atoms with E-state index in [4.69, 9.17) is 15.0 Å². The molecule has 252 valence electrons. The van der Waals surface area contributed by atoms with Crippen LogP contribution < -0.4 is 0 Å². The molecular weight excluding hydrogens is 659 g/mol. The Morgan fingerprint density at radius 3 is 1.43 bits per heavy atom. The molecule has 0 aliphatic rings. The molecular formula is C49H31N5. The largest absolute Gasteiger partial charge is 0.309 e. The predicted molar refractivity (Wildman–Crippen MR) is 222 cm³/mol. The summed E-state index contributed by atoms with van der Waals surface area (Å²) >= 11 is 0. The van der Waals surface area contributed by atoms with Crippen LogP contribution >= 0.6 is 0 Å². The molecule has 0 aliphatic heterocycles. The third kappa shape index (κ3) is 4.76. The molecule has 3 aromatic heterocycles. The van der Waals surface area contributed by atoms with E-state index >= 15 is 0 Å². The van der Waals surface area contributed by atoms with Gasteiger partial charge in [0, 0.05) is 38.1 Å². The first-order valence-electron chi connectivity index (χ1n) is 18.2. The monoisotopic (exact) mass is 689 g/mol. The minimum Gasteiger partial charge on any atom is -0.309 e. The lowest BCUT2D eigenvalue weighted by atomic mass is 10.0. The second kappa shape index (κ2) is 12.1. The molecule has 0 fully saturated rings. The van der Waals surface area contributed by atoms with Crippen molar-refractivity contribution in [1.29, 1.82) is 0 Å². The molecule has 11 aromatic rings. The average molecular weight is 690 g/mol. The van der Waals surface area contributed by atoms with Crippen molar-refractivity contribution >= 4 is 54.4 Å². The number of hydrogen-bond acceptors (Lipinski definition) is 3. The van der Waals surface area contributed by atoms with Crippen molar-refractivity contribution in [2.75, 3.05) is 0 Å². The quantitative estimate of drug-likeness (QED) is 0.181. The van der Waals surface area contributed by atoms with Crippen LogP contribution in [0.5, 0.6) is 0 Å². The lowest BCUT2D eigenvalue weighted by Gasteiger charge is -2.12. The summed E-state index contributed by atoms with van der Waals surface area (Å²) in [6.45, 7) is 0. The standard InChI is InChI=1S/C49H31N5/c1-3-14-32(15-4-1)33-26-28-36(29-27-33)48-50-47(35-17-5-2-6-18-35)51-49(52-48)54-44-24-12-10-22-39(44)41-30-45-40(31-46(41)54)38-21-9-11-23-43(38)53(45)42-25-13-19-34-16-7-8-20-37(34)42/h1-31H. The molecule has 11 rings (SSSR count). The maximum atomic E-state index is 5.24. The Hall–Kier alpha value is -7.37. The molecule has 8 aromatic carbocycles. The topological polar surface area (TPSA) is 48.5 Å². The number of nitrogens with zero attached hydrogens (tertiary/aromatic N) is 5. The third-order valence-electron chi connectivity index (χ3n) is 10.6. The van der Waals surface area contributed by atoms with Gasteiger partial charge in [-0.05, 0) is 46.8 Å². The van der Waals surface area contributed by atoms with E-state index in [9.17, 15) is 0 Å². The number of hydrogen-bond donors (Lipinski definition) is 0. The Bertz CT molecular complexity index is 3190. The van der Waals surface area contributed by atoms with Gasteiger partial charge in [-0.3, -0.25) is 4.57 Å². The summed E-state index contributed by atoms with van der Waals surface area (Å²) < 4.78 is 4.64. The molecule has 0 spiro atoms. The van der Waals surface area contributed by atoms with Crippen LogP contribution in [0.3, 0.4) is 0 Å². The van der Waals surface area contributed by atoms with Gasteiger partial charge in [-0.15, -0.1) is 0 Å². The highest BCUT2D eigenvalue weighted by Gasteiger charge is 2.21. The van der Waals surface area contributed by atoms with E-state index in [1.807, 2.05) is 24.3 Å². The summed E-state index contributed by atoms with van der Waals surface area (Å²) in [6.07, 6.45) is 0. The van der Waals surface area contributed by atoms with Crippen molar-refractivity contribution in [2.24, 2.45) is 0 Å². The predicted octanol–water partition coefficient (Wildman–Crippen LogP) is 12.2. The molecule has 0 amide bonds. The number of benzene rings is 8. The van der Waals surface area contributed by atoms with E-state index in [1.165, 1.54) is 32.6 Å². The van der Waals surface area contributed by atoms with Crippen LogP contribution in [0.25, 0.3) is 99.9 Å². The molecule has 0 radical (unpaired) electrons. The Morgan fingerprint density at radius 1 is 0.296 bits per heavy atom. The molecule has 0 aliphatic carbocycles. The average Bonchev–Trinajstić information content (AvgIpc) is 3.75. The molecule has 0 atom stereocenters. The van der Waals surface area contributed by atoms with Gasteiger partial charge in [-0.2, -0.15) is 9.97 Å². The summed E-state index contributed by atoms with van der Waals surface area (Å²) in [5, 5.41) is 7.07. The zero-order valence-electron chi connectivity index (χ0n) is 29.1. The molecule has 54 heavy (non-hydrogen) atoms. The van der Waals surface area contributed by atoms with Crippen molar-refractivity contribution in [2.45, 2.75) is 0 Å². The van der Waals surface area contributed by atoms with E-state index in [0.29, 0.717) is 17.6 Å². The van der Waals surface area contributed by atoms with Gasteiger partial charge in [0.05, 0.1) is 27.8 Å². The molecule has 0 unspecified atom stereocenters. The highest BCUT2D eigenvalue weighted by molar-refractivity contribution is 6.19. The number of rotatable bonds is 5. The minimum absolute atomic E-state index is 0.578. The summed E-state index contributed by atoms with van der Waals surface area (Å²) in [5.41, 5.74) is 9.74. The van der Waals surface area contributed by atoms with Crippen molar-refractivity contribution < 1.29 is 0 Å². The lowest BCUT2D eigenvalue weighted by molar-refractivity contribution is 0.954. The van der Waals surface area contributed by atoms with E-state index in [1.54, 1.807) is 0 Å². The second-order valence-corrected chi connectivity index (χ2v) is 13.7. The summed E-state index contributed by atoms with van der Waals surface area (Å²) in [4.78, 5) is 15.5. The zero-order valence-corrected chi connectivity index (χ0v) is 29.1. The van der Waals surface area contributed by atoms with Gasteiger partial charge < -0.3 is 4.57 Å². The minimum atomic E-state index is 0.578. The van der Waals surface area contributed by atoms with Crippen LogP contribution in [0.4, 0.5) is 0 Å². The highest BCUT2D eigenvalue weighted by atomic mass is 15.2. The number of fused-ring (bicyclic) bond motifs is 7. The smallest absolute Gasteiger partial charge is 0.238 e. The van der Waals surface area contributed by atoms with Crippen molar-refractivity contribution in [3.8, 4) is 45.5 Å². The first kappa shape index (κ1) is 30.3. The van der Waals surface area contributed by atoms with E-state index in [2.05, 4.69) is 173 Å². The Kier molecular flexibility index (Phi) is 6.79. The van der Waals surface area contributed by atoms with Crippen LogP contribution in [0, 0.1) is 0 Å². The number of aromatic nitrogens is 5. The molecule has 3 heterocycles. The fourth-order valence-corrected chi connectivity index (χ4v) is 8.06. The summed E-state index contributed by atoms with van der Waals surface area (Å²) in [5.74, 6) is 1.83. The van der Waals surface area contributed by atoms with Gasteiger partial charge in [0.15, 0.2) is 11.6 Å². The van der Waals surface area contributed by atoms with E-state index in [0.717, 1.165) is 49.7 Å². The Labute approximate surface area is 311 Å². The lowest BCUT2D eigenvalue weighted by Crippen LogP contribution is -2.06. The normalized spacial score (nSPS) is 11.7. The van der Waals surface area contributed by atoms with Gasteiger partial charge in [-0.25, -0.2) is 4.98 Å². The van der Waals surface area contributed by atoms with Gasteiger partial charge >= 0.3 is 0 Å². The van der Waals surface area contributed by atoms with Gasteiger partial charge in [0.25, 0.3) is 0 Å².